The first-order chi connectivity index (χ1) is 14.8. The van der Waals surface area contributed by atoms with Crippen LogP contribution in [0.25, 0.3) is 10.2 Å². The van der Waals surface area contributed by atoms with Crippen LogP contribution >= 0.6 is 11.3 Å². The monoisotopic (exact) mass is 417 g/mol. The maximum absolute atomic E-state index is 13.1. The van der Waals surface area contributed by atoms with Crippen molar-refractivity contribution < 1.29 is 4.79 Å². The van der Waals surface area contributed by atoms with Gasteiger partial charge in [-0.2, -0.15) is 0 Å². The van der Waals surface area contributed by atoms with Gasteiger partial charge in [-0.1, -0.05) is 42.5 Å². The van der Waals surface area contributed by atoms with Gasteiger partial charge in [0.15, 0.2) is 0 Å². The lowest BCUT2D eigenvalue weighted by molar-refractivity contribution is -0.125. The molecule has 1 aromatic heterocycles. The molecule has 0 radical (unpaired) electrons. The highest BCUT2D eigenvalue weighted by atomic mass is 32.1. The number of para-hydroxylation sites is 2. The number of hydrogen-bond donors (Lipinski definition) is 1. The van der Waals surface area contributed by atoms with Gasteiger partial charge >= 0.3 is 0 Å². The lowest BCUT2D eigenvalue weighted by atomic mass is 9.82. The van der Waals surface area contributed by atoms with E-state index in [9.17, 15) is 4.79 Å². The Hall–Kier alpha value is -2.66. The summed E-state index contributed by atoms with van der Waals surface area (Å²) in [5.41, 5.74) is 2.32. The van der Waals surface area contributed by atoms with E-state index in [-0.39, 0.29) is 17.7 Å². The van der Waals surface area contributed by atoms with E-state index in [2.05, 4.69) is 70.9 Å². The van der Waals surface area contributed by atoms with Gasteiger partial charge in [0.25, 0.3) is 0 Å². The third kappa shape index (κ3) is 3.99. The van der Waals surface area contributed by atoms with Crippen LogP contribution in [0, 0.1) is 11.8 Å². The van der Waals surface area contributed by atoms with Gasteiger partial charge in [-0.25, -0.2) is 4.98 Å². The SMILES string of the molecule is O=C(NCC1CCN(c2ccccc2)C1)C1CC=CCC1c1nc2ccccc2s1. The normalized spacial score (nSPS) is 23.7. The third-order valence-corrected chi connectivity index (χ3v) is 7.54. The molecule has 154 valence electrons. The molecule has 30 heavy (non-hydrogen) atoms. The molecule has 0 bridgehead atoms. The zero-order valence-electron chi connectivity index (χ0n) is 17.0. The van der Waals surface area contributed by atoms with Crippen molar-refractivity contribution in [3.8, 4) is 0 Å². The number of nitrogens with one attached hydrogen (secondary N) is 1. The molecule has 4 nitrogen and oxygen atoms in total. The topological polar surface area (TPSA) is 45.2 Å². The Balaban J connectivity index is 1.22. The predicted molar refractivity (Wildman–Crippen MR) is 124 cm³/mol. The predicted octanol–water partition coefficient (Wildman–Crippen LogP) is 4.99. The quantitative estimate of drug-likeness (QED) is 0.595. The number of aromatic nitrogens is 1. The first kappa shape index (κ1) is 19.3. The highest BCUT2D eigenvalue weighted by molar-refractivity contribution is 7.18. The summed E-state index contributed by atoms with van der Waals surface area (Å²) in [6, 6.07) is 18.8. The number of rotatable bonds is 5. The van der Waals surface area contributed by atoms with Crippen LogP contribution in [0.4, 0.5) is 5.69 Å². The number of anilines is 1. The fraction of sp³-hybridized carbons (Fsp3) is 0.360. The van der Waals surface area contributed by atoms with Crippen LogP contribution in [0.1, 0.15) is 30.2 Å². The minimum Gasteiger partial charge on any atom is -0.371 e. The van der Waals surface area contributed by atoms with Gasteiger partial charge in [0.05, 0.1) is 21.1 Å². The molecule has 5 rings (SSSR count). The Morgan fingerprint density at radius 2 is 1.87 bits per heavy atom. The van der Waals surface area contributed by atoms with Gasteiger partial charge < -0.3 is 10.2 Å². The molecule has 0 saturated carbocycles. The molecule has 1 amide bonds. The molecule has 2 aromatic carbocycles. The van der Waals surface area contributed by atoms with Gasteiger partial charge in [-0.15, -0.1) is 11.3 Å². The van der Waals surface area contributed by atoms with Crippen LogP contribution in [0.2, 0.25) is 0 Å². The Morgan fingerprint density at radius 1 is 1.07 bits per heavy atom. The second kappa shape index (κ2) is 8.60. The van der Waals surface area contributed by atoms with Crippen molar-refractivity contribution in [2.45, 2.75) is 25.2 Å². The zero-order chi connectivity index (χ0) is 20.3. The van der Waals surface area contributed by atoms with E-state index in [1.54, 1.807) is 11.3 Å². The van der Waals surface area contributed by atoms with Crippen molar-refractivity contribution in [3.63, 3.8) is 0 Å². The van der Waals surface area contributed by atoms with Gasteiger partial charge in [-0.05, 0) is 49.4 Å². The minimum atomic E-state index is -0.0257. The molecule has 5 heteroatoms. The molecule has 3 aromatic rings. The van der Waals surface area contributed by atoms with E-state index in [0.717, 1.165) is 49.4 Å². The highest BCUT2D eigenvalue weighted by Crippen LogP contribution is 2.38. The van der Waals surface area contributed by atoms with Crippen molar-refractivity contribution >= 4 is 33.1 Å². The van der Waals surface area contributed by atoms with E-state index in [1.807, 2.05) is 6.07 Å². The van der Waals surface area contributed by atoms with Crippen LogP contribution in [0.15, 0.2) is 66.7 Å². The molecule has 1 saturated heterocycles. The molecule has 3 unspecified atom stereocenters. The third-order valence-electron chi connectivity index (χ3n) is 6.37. The number of hydrogen-bond acceptors (Lipinski definition) is 4. The Bertz CT molecular complexity index is 1010. The number of carbonyl (C=O) groups excluding carboxylic acids is 1. The van der Waals surface area contributed by atoms with Crippen LogP contribution in [0.5, 0.6) is 0 Å². The summed E-state index contributed by atoms with van der Waals surface area (Å²) in [6.45, 7) is 2.83. The second-order valence-corrected chi connectivity index (χ2v) is 9.42. The van der Waals surface area contributed by atoms with Crippen molar-refractivity contribution in [1.29, 1.82) is 0 Å². The number of allylic oxidation sites excluding steroid dienone is 2. The van der Waals surface area contributed by atoms with Gasteiger partial charge in [0.2, 0.25) is 5.91 Å². The smallest absolute Gasteiger partial charge is 0.224 e. The largest absolute Gasteiger partial charge is 0.371 e. The van der Waals surface area contributed by atoms with Crippen LogP contribution in [-0.4, -0.2) is 30.5 Å². The first-order valence-electron chi connectivity index (χ1n) is 10.9. The molecular formula is C25H27N3OS. The number of thiazole rings is 1. The van der Waals surface area contributed by atoms with Gasteiger partial charge in [0, 0.05) is 31.2 Å². The van der Waals surface area contributed by atoms with Crippen molar-refractivity contribution in [2.24, 2.45) is 11.8 Å². The zero-order valence-corrected chi connectivity index (χ0v) is 17.9. The average Bonchev–Trinajstić information content (AvgIpc) is 3.45. The molecule has 1 aliphatic carbocycles. The highest BCUT2D eigenvalue weighted by Gasteiger charge is 2.33. The molecule has 1 aliphatic heterocycles. The number of fused-ring (bicyclic) bond motifs is 1. The molecule has 1 N–H and O–H groups in total. The molecular weight excluding hydrogens is 390 g/mol. The summed E-state index contributed by atoms with van der Waals surface area (Å²) < 4.78 is 1.20. The fourth-order valence-corrected chi connectivity index (χ4v) is 5.82. The molecule has 0 spiro atoms. The number of benzene rings is 2. The second-order valence-electron chi connectivity index (χ2n) is 8.36. The average molecular weight is 418 g/mol. The lowest BCUT2D eigenvalue weighted by Crippen LogP contribution is -2.38. The van der Waals surface area contributed by atoms with E-state index in [0.29, 0.717) is 5.92 Å². The fourth-order valence-electron chi connectivity index (χ4n) is 4.67. The Morgan fingerprint density at radius 3 is 2.73 bits per heavy atom. The first-order valence-corrected chi connectivity index (χ1v) is 11.7. The van der Waals surface area contributed by atoms with E-state index >= 15 is 0 Å². The van der Waals surface area contributed by atoms with Gasteiger partial charge in [0.1, 0.15) is 0 Å². The summed E-state index contributed by atoms with van der Waals surface area (Å²) in [6.07, 6.45) is 7.17. The van der Waals surface area contributed by atoms with Crippen molar-refractivity contribution in [2.75, 3.05) is 24.5 Å². The van der Waals surface area contributed by atoms with Crippen molar-refractivity contribution in [3.05, 3.63) is 71.8 Å². The van der Waals surface area contributed by atoms with Crippen LogP contribution in [-0.2, 0) is 4.79 Å². The summed E-state index contributed by atoms with van der Waals surface area (Å²) in [5, 5.41) is 4.37. The number of carbonyl (C=O) groups is 1. The van der Waals surface area contributed by atoms with Crippen LogP contribution in [0.3, 0.4) is 0 Å². The molecule has 2 aliphatic rings. The van der Waals surface area contributed by atoms with Gasteiger partial charge in [-0.3, -0.25) is 4.79 Å². The van der Waals surface area contributed by atoms with E-state index in [4.69, 9.17) is 4.98 Å². The Labute approximate surface area is 181 Å². The number of nitrogens with zero attached hydrogens (tertiary/aromatic N) is 2. The van der Waals surface area contributed by atoms with Crippen molar-refractivity contribution in [1.82, 2.24) is 10.3 Å². The van der Waals surface area contributed by atoms with Crippen LogP contribution < -0.4 is 10.2 Å². The summed E-state index contributed by atoms with van der Waals surface area (Å²) >= 11 is 1.73. The maximum Gasteiger partial charge on any atom is 0.224 e. The molecule has 1 fully saturated rings. The Kier molecular flexibility index (Phi) is 5.54. The number of amides is 1. The lowest BCUT2D eigenvalue weighted by Gasteiger charge is -2.26. The summed E-state index contributed by atoms with van der Waals surface area (Å²) in [4.78, 5) is 20.4. The summed E-state index contributed by atoms with van der Waals surface area (Å²) in [7, 11) is 0. The molecule has 2 heterocycles. The van der Waals surface area contributed by atoms with E-state index < -0.39 is 0 Å². The minimum absolute atomic E-state index is 0.0257. The standard InChI is InChI=1S/C25H27N3OS/c29-24(26-16-18-14-15-28(17-18)19-8-2-1-3-9-19)20-10-4-5-11-21(20)25-27-22-12-6-7-13-23(22)30-25/h1-9,12-13,18,20-21H,10-11,14-17H2,(H,26,29). The maximum atomic E-state index is 13.1. The van der Waals surface area contributed by atoms with E-state index in [1.165, 1.54) is 10.4 Å². The molecule has 3 atom stereocenters. The summed E-state index contributed by atoms with van der Waals surface area (Å²) in [5.74, 6) is 0.843.